The van der Waals surface area contributed by atoms with Gasteiger partial charge in [0.2, 0.25) is 0 Å². The van der Waals surface area contributed by atoms with Crippen molar-refractivity contribution in [2.24, 2.45) is 11.8 Å². The number of aromatic nitrogens is 2. The van der Waals surface area contributed by atoms with Crippen molar-refractivity contribution in [1.29, 1.82) is 0 Å². The molecule has 0 bridgehead atoms. The Kier molecular flexibility index (Phi) is 3.78. The highest BCUT2D eigenvalue weighted by Crippen LogP contribution is 2.40. The molecule has 1 aromatic carbocycles. The lowest BCUT2D eigenvalue weighted by molar-refractivity contribution is 0.337. The van der Waals surface area contributed by atoms with Crippen molar-refractivity contribution in [1.82, 2.24) is 9.55 Å². The zero-order chi connectivity index (χ0) is 15.1. The van der Waals surface area contributed by atoms with E-state index in [1.165, 1.54) is 0 Å². The number of nitrogens with zero attached hydrogens (tertiary/aromatic N) is 2. The summed E-state index contributed by atoms with van der Waals surface area (Å²) in [6, 6.07) is 7.74. The quantitative estimate of drug-likeness (QED) is 0.775. The maximum absolute atomic E-state index is 13.0. The van der Waals surface area contributed by atoms with Crippen LogP contribution in [0.25, 0.3) is 10.9 Å². The van der Waals surface area contributed by atoms with Crippen LogP contribution < -0.4 is 5.56 Å². The molecule has 0 spiro atoms. The predicted octanol–water partition coefficient (Wildman–Crippen LogP) is 4.30. The molecule has 1 aromatic heterocycles. The summed E-state index contributed by atoms with van der Waals surface area (Å²) < 4.78 is 1.87. The smallest absolute Gasteiger partial charge is 0.261 e. The molecule has 0 aliphatic heterocycles. The van der Waals surface area contributed by atoms with Gasteiger partial charge in [-0.25, -0.2) is 4.98 Å². The van der Waals surface area contributed by atoms with Crippen molar-refractivity contribution in [3.8, 4) is 0 Å². The van der Waals surface area contributed by atoms with Crippen LogP contribution >= 0.6 is 11.6 Å². The van der Waals surface area contributed by atoms with E-state index in [-0.39, 0.29) is 17.0 Å². The summed E-state index contributed by atoms with van der Waals surface area (Å²) >= 11 is 6.32. The molecule has 4 unspecified atom stereocenters. The summed E-state index contributed by atoms with van der Waals surface area (Å²) in [4.78, 5) is 17.6. The van der Waals surface area contributed by atoms with E-state index in [0.29, 0.717) is 23.0 Å². The summed E-state index contributed by atoms with van der Waals surface area (Å²) in [5.74, 6) is 1.80. The SMILES string of the molecule is CC(Cl)c1nc2ccccc2c(=O)n1C1CCC(C)C1C. The van der Waals surface area contributed by atoms with Gasteiger partial charge in [0, 0.05) is 6.04 Å². The van der Waals surface area contributed by atoms with Crippen molar-refractivity contribution in [3.63, 3.8) is 0 Å². The molecule has 21 heavy (non-hydrogen) atoms. The third kappa shape index (κ3) is 2.38. The van der Waals surface area contributed by atoms with Gasteiger partial charge in [0.05, 0.1) is 16.3 Å². The Morgan fingerprint density at radius 1 is 1.29 bits per heavy atom. The van der Waals surface area contributed by atoms with Crippen LogP contribution in [0, 0.1) is 11.8 Å². The van der Waals surface area contributed by atoms with Gasteiger partial charge in [0.25, 0.3) is 5.56 Å². The molecule has 4 atom stereocenters. The Bertz CT molecular complexity index is 722. The fraction of sp³-hybridized carbons (Fsp3) is 0.529. The molecule has 1 saturated carbocycles. The second-order valence-electron chi connectivity index (χ2n) is 6.26. The minimum Gasteiger partial charge on any atom is -0.291 e. The van der Waals surface area contributed by atoms with Gasteiger partial charge in [-0.05, 0) is 43.7 Å². The van der Waals surface area contributed by atoms with Gasteiger partial charge < -0.3 is 0 Å². The molecular weight excluding hydrogens is 284 g/mol. The van der Waals surface area contributed by atoms with Crippen molar-refractivity contribution >= 4 is 22.5 Å². The van der Waals surface area contributed by atoms with Crippen LogP contribution in [0.15, 0.2) is 29.1 Å². The zero-order valence-electron chi connectivity index (χ0n) is 12.7. The number of para-hydroxylation sites is 1. The average Bonchev–Trinajstić information content (AvgIpc) is 2.79. The average molecular weight is 305 g/mol. The molecular formula is C17H21ClN2O. The maximum Gasteiger partial charge on any atom is 0.261 e. The van der Waals surface area contributed by atoms with E-state index < -0.39 is 0 Å². The minimum atomic E-state index is -0.273. The first kappa shape index (κ1) is 14.6. The Hall–Kier alpha value is -1.35. The van der Waals surface area contributed by atoms with Crippen molar-refractivity contribution in [2.45, 2.75) is 45.0 Å². The van der Waals surface area contributed by atoms with E-state index in [4.69, 9.17) is 11.6 Å². The van der Waals surface area contributed by atoms with E-state index in [0.717, 1.165) is 18.4 Å². The number of benzene rings is 1. The third-order valence-corrected chi connectivity index (χ3v) is 5.14. The molecule has 0 N–H and O–H groups in total. The first-order valence-corrected chi connectivity index (χ1v) is 8.09. The lowest BCUT2D eigenvalue weighted by Gasteiger charge is -2.25. The first-order valence-electron chi connectivity index (χ1n) is 7.66. The molecule has 1 aliphatic carbocycles. The monoisotopic (exact) mass is 304 g/mol. The summed E-state index contributed by atoms with van der Waals surface area (Å²) in [6.07, 6.45) is 2.18. The molecule has 0 amide bonds. The van der Waals surface area contributed by atoms with E-state index >= 15 is 0 Å². The number of rotatable bonds is 2. The number of alkyl halides is 1. The van der Waals surface area contributed by atoms with Crippen molar-refractivity contribution < 1.29 is 0 Å². The van der Waals surface area contributed by atoms with Crippen molar-refractivity contribution in [2.75, 3.05) is 0 Å². The molecule has 2 aromatic rings. The third-order valence-electron chi connectivity index (χ3n) is 4.94. The van der Waals surface area contributed by atoms with Crippen molar-refractivity contribution in [3.05, 3.63) is 40.4 Å². The molecule has 3 nitrogen and oxygen atoms in total. The summed E-state index contributed by atoms with van der Waals surface area (Å²) in [7, 11) is 0. The summed E-state index contributed by atoms with van der Waals surface area (Å²) in [5.41, 5.74) is 0.786. The highest BCUT2D eigenvalue weighted by molar-refractivity contribution is 6.20. The zero-order valence-corrected chi connectivity index (χ0v) is 13.5. The van der Waals surface area contributed by atoms with Gasteiger partial charge in [-0.3, -0.25) is 9.36 Å². The molecule has 112 valence electrons. The van der Waals surface area contributed by atoms with E-state index in [1.807, 2.05) is 35.8 Å². The predicted molar refractivity (Wildman–Crippen MR) is 86.9 cm³/mol. The van der Waals surface area contributed by atoms with E-state index in [1.54, 1.807) is 0 Å². The highest BCUT2D eigenvalue weighted by atomic mass is 35.5. The largest absolute Gasteiger partial charge is 0.291 e. The van der Waals surface area contributed by atoms with E-state index in [9.17, 15) is 4.79 Å². The Labute approximate surface area is 130 Å². The van der Waals surface area contributed by atoms with Gasteiger partial charge >= 0.3 is 0 Å². The second kappa shape index (κ2) is 5.45. The fourth-order valence-electron chi connectivity index (χ4n) is 3.47. The molecule has 1 heterocycles. The van der Waals surface area contributed by atoms with Crippen LogP contribution in [0.3, 0.4) is 0 Å². The molecule has 1 aliphatic rings. The molecule has 4 heteroatoms. The molecule has 0 saturated heterocycles. The van der Waals surface area contributed by atoms with Gasteiger partial charge in [0.15, 0.2) is 0 Å². The van der Waals surface area contributed by atoms with Gasteiger partial charge in [-0.2, -0.15) is 0 Å². The molecule has 3 rings (SSSR count). The van der Waals surface area contributed by atoms with E-state index in [2.05, 4.69) is 18.8 Å². The van der Waals surface area contributed by atoms with Crippen LogP contribution in [0.5, 0.6) is 0 Å². The fourth-order valence-corrected chi connectivity index (χ4v) is 3.62. The second-order valence-corrected chi connectivity index (χ2v) is 6.91. The first-order chi connectivity index (χ1) is 10.0. The normalized spacial score (nSPS) is 27.1. The number of fused-ring (bicyclic) bond motifs is 1. The van der Waals surface area contributed by atoms with Crippen LogP contribution in [-0.4, -0.2) is 9.55 Å². The molecule has 1 fully saturated rings. The van der Waals surface area contributed by atoms with Crippen LogP contribution in [0.1, 0.15) is 50.9 Å². The Morgan fingerprint density at radius 2 is 2.00 bits per heavy atom. The minimum absolute atomic E-state index is 0.0500. The summed E-state index contributed by atoms with van der Waals surface area (Å²) in [6.45, 7) is 6.37. The Balaban J connectivity index is 2.27. The number of hydrogen-bond donors (Lipinski definition) is 0. The van der Waals surface area contributed by atoms with Gasteiger partial charge in [-0.15, -0.1) is 11.6 Å². The lowest BCUT2D eigenvalue weighted by Crippen LogP contribution is -2.31. The molecule has 0 radical (unpaired) electrons. The standard InChI is InChI=1S/C17H21ClN2O/c1-10-8-9-15(11(10)2)20-16(12(3)18)19-14-7-5-4-6-13(14)17(20)21/h4-7,10-12,15H,8-9H2,1-3H3. The van der Waals surface area contributed by atoms with Crippen LogP contribution in [0.4, 0.5) is 0 Å². The Morgan fingerprint density at radius 3 is 2.62 bits per heavy atom. The van der Waals surface area contributed by atoms with Gasteiger partial charge in [0.1, 0.15) is 5.82 Å². The van der Waals surface area contributed by atoms with Crippen LogP contribution in [-0.2, 0) is 0 Å². The van der Waals surface area contributed by atoms with Crippen LogP contribution in [0.2, 0.25) is 0 Å². The lowest BCUT2D eigenvalue weighted by atomic mass is 9.97. The topological polar surface area (TPSA) is 34.9 Å². The maximum atomic E-state index is 13.0. The number of hydrogen-bond acceptors (Lipinski definition) is 2. The number of halogens is 1. The summed E-state index contributed by atoms with van der Waals surface area (Å²) in [5, 5.41) is 0.413. The highest BCUT2D eigenvalue weighted by Gasteiger charge is 2.34. The van der Waals surface area contributed by atoms with Gasteiger partial charge in [-0.1, -0.05) is 26.0 Å².